The van der Waals surface area contributed by atoms with Gasteiger partial charge < -0.3 is 14.8 Å². The van der Waals surface area contributed by atoms with Crippen LogP contribution in [0.25, 0.3) is 16.8 Å². The van der Waals surface area contributed by atoms with Gasteiger partial charge in [0.1, 0.15) is 17.2 Å². The fourth-order valence-corrected chi connectivity index (χ4v) is 3.86. The Kier molecular flexibility index (Phi) is 8.31. The van der Waals surface area contributed by atoms with E-state index in [0.29, 0.717) is 18.2 Å². The summed E-state index contributed by atoms with van der Waals surface area (Å²) in [5.41, 5.74) is 3.25. The van der Waals surface area contributed by atoms with Gasteiger partial charge in [-0.3, -0.25) is 9.36 Å². The van der Waals surface area contributed by atoms with E-state index >= 15 is 0 Å². The number of carbonyl (C=O) groups is 1. The van der Waals surface area contributed by atoms with Crippen molar-refractivity contribution in [3.63, 3.8) is 0 Å². The maximum absolute atomic E-state index is 12.8. The standard InChI is InChI=1S/C26H33N3O3/c1-5-7-9-19(6-2)16-28-26(30)22-17-27-18-29(22)21-14-12-20(13-15-21)25-23(31-3)10-8-11-24(25)32-4/h8,10-15,17-19H,5-7,9,16H2,1-4H3,(H,28,30)/t19-/m1/s1. The molecule has 32 heavy (non-hydrogen) atoms. The number of nitrogens with one attached hydrogen (secondary N) is 1. The molecular formula is C26H33N3O3. The van der Waals surface area contributed by atoms with Crippen molar-refractivity contribution >= 4 is 5.91 Å². The molecule has 0 saturated carbocycles. The number of ether oxygens (including phenoxy) is 2. The number of hydrogen-bond acceptors (Lipinski definition) is 4. The minimum Gasteiger partial charge on any atom is -0.496 e. The summed E-state index contributed by atoms with van der Waals surface area (Å²) < 4.78 is 12.9. The van der Waals surface area contributed by atoms with Crippen LogP contribution in [-0.4, -0.2) is 36.2 Å². The third-order valence-electron chi connectivity index (χ3n) is 5.83. The van der Waals surface area contributed by atoms with E-state index in [1.54, 1.807) is 26.7 Å². The molecule has 1 amide bonds. The number of methoxy groups -OCH3 is 2. The first kappa shape index (κ1) is 23.4. The van der Waals surface area contributed by atoms with Gasteiger partial charge in [-0.15, -0.1) is 0 Å². The van der Waals surface area contributed by atoms with Crippen LogP contribution in [-0.2, 0) is 0 Å². The number of rotatable bonds is 11. The Labute approximate surface area is 190 Å². The molecule has 1 N–H and O–H groups in total. The van der Waals surface area contributed by atoms with Gasteiger partial charge in [-0.25, -0.2) is 4.98 Å². The first-order chi connectivity index (χ1) is 15.6. The molecular weight excluding hydrogens is 402 g/mol. The summed E-state index contributed by atoms with van der Waals surface area (Å²) in [6, 6.07) is 13.6. The van der Waals surface area contributed by atoms with Gasteiger partial charge in [0.05, 0.1) is 32.3 Å². The molecule has 170 valence electrons. The Morgan fingerprint density at radius 1 is 1.06 bits per heavy atom. The van der Waals surface area contributed by atoms with Gasteiger partial charge >= 0.3 is 0 Å². The van der Waals surface area contributed by atoms with Crippen LogP contribution in [0.4, 0.5) is 0 Å². The normalized spacial score (nSPS) is 11.8. The number of imidazole rings is 1. The fraction of sp³-hybridized carbons (Fsp3) is 0.385. The van der Waals surface area contributed by atoms with Crippen molar-refractivity contribution in [1.82, 2.24) is 14.9 Å². The second kappa shape index (κ2) is 11.4. The third kappa shape index (κ3) is 5.31. The van der Waals surface area contributed by atoms with Gasteiger partial charge in [-0.1, -0.05) is 51.3 Å². The predicted molar refractivity (Wildman–Crippen MR) is 128 cm³/mol. The largest absolute Gasteiger partial charge is 0.496 e. The van der Waals surface area contributed by atoms with Crippen LogP contribution >= 0.6 is 0 Å². The number of benzene rings is 2. The van der Waals surface area contributed by atoms with Crippen LogP contribution in [0.1, 0.15) is 50.0 Å². The molecule has 0 aliphatic rings. The second-order valence-corrected chi connectivity index (χ2v) is 7.86. The quantitative estimate of drug-likeness (QED) is 0.432. The SMILES string of the molecule is CCCC[C@@H](CC)CNC(=O)c1cncn1-c1ccc(-c2c(OC)cccc2OC)cc1. The Morgan fingerprint density at radius 3 is 2.34 bits per heavy atom. The molecule has 0 aliphatic carbocycles. The molecule has 0 fully saturated rings. The molecule has 0 unspecified atom stereocenters. The molecule has 6 nitrogen and oxygen atoms in total. The van der Waals surface area contributed by atoms with Crippen molar-refractivity contribution in [2.45, 2.75) is 39.5 Å². The first-order valence-corrected chi connectivity index (χ1v) is 11.2. The van der Waals surface area contributed by atoms with E-state index in [9.17, 15) is 4.79 Å². The average Bonchev–Trinajstić information content (AvgIpc) is 3.33. The Bertz CT molecular complexity index is 989. The van der Waals surface area contributed by atoms with Crippen LogP contribution in [0, 0.1) is 5.92 Å². The molecule has 0 bridgehead atoms. The first-order valence-electron chi connectivity index (χ1n) is 11.2. The van der Waals surface area contributed by atoms with E-state index in [4.69, 9.17) is 9.47 Å². The topological polar surface area (TPSA) is 65.4 Å². The highest BCUT2D eigenvalue weighted by Crippen LogP contribution is 2.38. The monoisotopic (exact) mass is 435 g/mol. The van der Waals surface area contributed by atoms with Crippen molar-refractivity contribution in [1.29, 1.82) is 0 Å². The van der Waals surface area contributed by atoms with Crippen molar-refractivity contribution < 1.29 is 14.3 Å². The number of carbonyl (C=O) groups excluding carboxylic acids is 1. The van der Waals surface area contributed by atoms with E-state index in [1.165, 1.54) is 12.8 Å². The summed E-state index contributed by atoms with van der Waals surface area (Å²) >= 11 is 0. The zero-order valence-corrected chi connectivity index (χ0v) is 19.4. The van der Waals surface area contributed by atoms with Crippen molar-refractivity contribution in [2.24, 2.45) is 5.92 Å². The maximum Gasteiger partial charge on any atom is 0.269 e. The minimum atomic E-state index is -0.104. The smallest absolute Gasteiger partial charge is 0.269 e. The average molecular weight is 436 g/mol. The number of aromatic nitrogens is 2. The van der Waals surface area contributed by atoms with E-state index in [0.717, 1.165) is 41.2 Å². The predicted octanol–water partition coefficient (Wildman–Crippen LogP) is 5.50. The molecule has 2 aromatic carbocycles. The zero-order valence-electron chi connectivity index (χ0n) is 19.4. The molecule has 3 aromatic rings. The summed E-state index contributed by atoms with van der Waals surface area (Å²) in [7, 11) is 3.29. The van der Waals surface area contributed by atoms with E-state index in [2.05, 4.69) is 24.1 Å². The van der Waals surface area contributed by atoms with Crippen LogP contribution in [0.2, 0.25) is 0 Å². The number of nitrogens with zero attached hydrogens (tertiary/aromatic N) is 2. The molecule has 1 heterocycles. The van der Waals surface area contributed by atoms with Gasteiger partial charge in [0.15, 0.2) is 0 Å². The van der Waals surface area contributed by atoms with Gasteiger partial charge in [0, 0.05) is 12.2 Å². The molecule has 1 atom stereocenters. The van der Waals surface area contributed by atoms with Gasteiger partial charge in [-0.2, -0.15) is 0 Å². The Hall–Kier alpha value is -3.28. The fourth-order valence-electron chi connectivity index (χ4n) is 3.86. The molecule has 0 radical (unpaired) electrons. The number of hydrogen-bond donors (Lipinski definition) is 1. The second-order valence-electron chi connectivity index (χ2n) is 7.86. The molecule has 1 aromatic heterocycles. The summed E-state index contributed by atoms with van der Waals surface area (Å²) in [5.74, 6) is 1.89. The molecule has 6 heteroatoms. The van der Waals surface area contributed by atoms with Crippen molar-refractivity contribution in [3.8, 4) is 28.3 Å². The lowest BCUT2D eigenvalue weighted by atomic mass is 9.99. The summed E-state index contributed by atoms with van der Waals surface area (Å²) in [5, 5.41) is 3.09. The lowest BCUT2D eigenvalue weighted by Crippen LogP contribution is -2.30. The van der Waals surface area contributed by atoms with Crippen LogP contribution in [0.5, 0.6) is 11.5 Å². The minimum absolute atomic E-state index is 0.104. The molecule has 0 aliphatic heterocycles. The molecule has 3 rings (SSSR count). The Morgan fingerprint density at radius 2 is 1.75 bits per heavy atom. The number of unbranched alkanes of at least 4 members (excludes halogenated alkanes) is 1. The van der Waals surface area contributed by atoms with E-state index in [-0.39, 0.29) is 5.91 Å². The van der Waals surface area contributed by atoms with Gasteiger partial charge in [-0.05, 0) is 42.2 Å². The van der Waals surface area contributed by atoms with Gasteiger partial charge in [0.2, 0.25) is 0 Å². The molecule has 0 spiro atoms. The highest BCUT2D eigenvalue weighted by atomic mass is 16.5. The van der Waals surface area contributed by atoms with E-state index in [1.807, 2.05) is 47.0 Å². The molecule has 0 saturated heterocycles. The summed E-state index contributed by atoms with van der Waals surface area (Å²) in [6.45, 7) is 5.06. The lowest BCUT2D eigenvalue weighted by molar-refractivity contribution is 0.0939. The highest BCUT2D eigenvalue weighted by molar-refractivity contribution is 5.93. The Balaban J connectivity index is 1.79. The van der Waals surface area contributed by atoms with Gasteiger partial charge in [0.25, 0.3) is 5.91 Å². The van der Waals surface area contributed by atoms with Crippen LogP contribution < -0.4 is 14.8 Å². The van der Waals surface area contributed by atoms with Crippen molar-refractivity contribution in [2.75, 3.05) is 20.8 Å². The van der Waals surface area contributed by atoms with E-state index < -0.39 is 0 Å². The van der Waals surface area contributed by atoms with Crippen LogP contribution in [0.3, 0.4) is 0 Å². The number of amides is 1. The lowest BCUT2D eigenvalue weighted by Gasteiger charge is -2.16. The maximum atomic E-state index is 12.8. The highest BCUT2D eigenvalue weighted by Gasteiger charge is 2.16. The summed E-state index contributed by atoms with van der Waals surface area (Å²) in [6.07, 6.45) is 7.85. The van der Waals surface area contributed by atoms with Crippen LogP contribution in [0.15, 0.2) is 55.0 Å². The third-order valence-corrected chi connectivity index (χ3v) is 5.83. The summed E-state index contributed by atoms with van der Waals surface area (Å²) in [4.78, 5) is 17.1. The zero-order chi connectivity index (χ0) is 22.9. The van der Waals surface area contributed by atoms with Crippen molar-refractivity contribution in [3.05, 3.63) is 60.7 Å².